The van der Waals surface area contributed by atoms with Crippen molar-refractivity contribution in [2.24, 2.45) is 0 Å². The Labute approximate surface area is 191 Å². The summed E-state index contributed by atoms with van der Waals surface area (Å²) in [4.78, 5) is 39.7. The zero-order valence-electron chi connectivity index (χ0n) is 22.1. The second kappa shape index (κ2) is 46.3. The average molecular weight is 455 g/mol. The zero-order chi connectivity index (χ0) is 26.1. The maximum Gasteiger partial charge on any atom is 0.305 e. The lowest BCUT2D eigenvalue weighted by Crippen LogP contribution is -2.15. The lowest BCUT2D eigenvalue weighted by molar-refractivity contribution is -0.141. The number of amides is 1. The maximum atomic E-state index is 10.1. The van der Waals surface area contributed by atoms with Crippen LogP contribution in [0.1, 0.15) is 74.7 Å². The van der Waals surface area contributed by atoms with Gasteiger partial charge in [-0.05, 0) is 34.4 Å². The van der Waals surface area contributed by atoms with Gasteiger partial charge in [-0.2, -0.15) is 0 Å². The van der Waals surface area contributed by atoms with E-state index in [1.54, 1.807) is 34.9 Å². The fourth-order valence-corrected chi connectivity index (χ4v) is 0.524. The standard InChI is InChI=1S/C4H9NO.2C4H8O2.C4H8O.C3H9N.C3H8O/c1-3-4(6)5-2;1-3-4(5)6-2;1-3-6-4(2)5;1-3-4(2)5;2*1-3-4-2/h3H2,1-2H3,(H,5,6);2*3H2,1-2H3;3H2,1-2H3;4H,3H2,1-2H3;3H2,1-2H3. The Morgan fingerprint density at radius 1 is 0.742 bits per heavy atom. The number of hydrogen-bond acceptors (Lipinski definition) is 8. The molecule has 0 aliphatic carbocycles. The molecule has 0 bridgehead atoms. The molecule has 0 atom stereocenters. The van der Waals surface area contributed by atoms with Crippen LogP contribution in [0.15, 0.2) is 0 Å². The smallest absolute Gasteiger partial charge is 0.305 e. The molecule has 0 fully saturated rings. The van der Waals surface area contributed by atoms with E-state index in [0.717, 1.165) is 13.2 Å². The highest BCUT2D eigenvalue weighted by molar-refractivity contribution is 5.75. The van der Waals surface area contributed by atoms with E-state index in [0.29, 0.717) is 25.9 Å². The lowest BCUT2D eigenvalue weighted by atomic mass is 10.4. The number of nitrogens with one attached hydrogen (secondary N) is 2. The van der Waals surface area contributed by atoms with Crippen LogP contribution in [0, 0.1) is 0 Å². The highest BCUT2D eigenvalue weighted by Gasteiger charge is 1.87. The number of methoxy groups -OCH3 is 2. The van der Waals surface area contributed by atoms with Crippen molar-refractivity contribution in [3.05, 3.63) is 0 Å². The zero-order valence-corrected chi connectivity index (χ0v) is 22.1. The largest absolute Gasteiger partial charge is 0.469 e. The molecule has 0 aliphatic heterocycles. The molecule has 2 N–H and O–H groups in total. The average Bonchev–Trinajstić information content (AvgIpc) is 2.79. The van der Waals surface area contributed by atoms with Crippen LogP contribution in [0.25, 0.3) is 0 Å². The molecular weight excluding hydrogens is 404 g/mol. The summed E-state index contributed by atoms with van der Waals surface area (Å²) in [6.45, 7) is 16.6. The van der Waals surface area contributed by atoms with Crippen molar-refractivity contribution >= 4 is 23.6 Å². The quantitative estimate of drug-likeness (QED) is 0.587. The molecule has 0 aliphatic rings. The van der Waals surface area contributed by atoms with Gasteiger partial charge in [-0.25, -0.2) is 0 Å². The van der Waals surface area contributed by atoms with Crippen LogP contribution in [0.2, 0.25) is 0 Å². The van der Waals surface area contributed by atoms with Gasteiger partial charge in [0.1, 0.15) is 5.78 Å². The van der Waals surface area contributed by atoms with Crippen LogP contribution in [0.4, 0.5) is 0 Å². The predicted molar refractivity (Wildman–Crippen MR) is 127 cm³/mol. The van der Waals surface area contributed by atoms with Gasteiger partial charge in [0.25, 0.3) is 0 Å². The Hall–Kier alpha value is -2.00. The Morgan fingerprint density at radius 2 is 1.13 bits per heavy atom. The Kier molecular flexibility index (Phi) is 64.2. The Morgan fingerprint density at radius 3 is 1.13 bits per heavy atom. The van der Waals surface area contributed by atoms with E-state index >= 15 is 0 Å². The molecule has 0 heterocycles. The van der Waals surface area contributed by atoms with Crippen LogP contribution in [0.3, 0.4) is 0 Å². The molecule has 0 unspecified atom stereocenters. The first-order chi connectivity index (χ1) is 14.5. The van der Waals surface area contributed by atoms with Crippen molar-refractivity contribution in [1.29, 1.82) is 0 Å². The summed E-state index contributed by atoms with van der Waals surface area (Å²) in [6.07, 6.45) is 1.72. The minimum Gasteiger partial charge on any atom is -0.469 e. The molecule has 0 saturated carbocycles. The van der Waals surface area contributed by atoms with Crippen LogP contribution in [-0.2, 0) is 33.4 Å². The summed E-state index contributed by atoms with van der Waals surface area (Å²) in [5.74, 6) is -0.0208. The van der Waals surface area contributed by atoms with Gasteiger partial charge in [0, 0.05) is 47.0 Å². The van der Waals surface area contributed by atoms with E-state index in [-0.39, 0.29) is 23.6 Å². The van der Waals surface area contributed by atoms with Gasteiger partial charge in [0.2, 0.25) is 5.91 Å². The molecule has 0 aromatic rings. The van der Waals surface area contributed by atoms with Crippen molar-refractivity contribution in [1.82, 2.24) is 10.6 Å². The molecule has 0 aromatic carbocycles. The van der Waals surface area contributed by atoms with E-state index < -0.39 is 0 Å². The minimum atomic E-state index is -0.211. The van der Waals surface area contributed by atoms with Gasteiger partial charge >= 0.3 is 11.9 Å². The van der Waals surface area contributed by atoms with Crippen molar-refractivity contribution < 1.29 is 33.4 Å². The number of carbonyl (C=O) groups is 4. The van der Waals surface area contributed by atoms with Gasteiger partial charge in [0.15, 0.2) is 0 Å². The van der Waals surface area contributed by atoms with Crippen molar-refractivity contribution in [3.63, 3.8) is 0 Å². The molecule has 0 saturated heterocycles. The van der Waals surface area contributed by atoms with E-state index in [9.17, 15) is 19.2 Å². The summed E-state index contributed by atoms with van der Waals surface area (Å²) in [5, 5.41) is 5.41. The summed E-state index contributed by atoms with van der Waals surface area (Å²) >= 11 is 0. The Balaban J connectivity index is -0.0000000610. The molecule has 0 radical (unpaired) electrons. The minimum absolute atomic E-state index is 0.0926. The van der Waals surface area contributed by atoms with Gasteiger partial charge < -0.3 is 29.6 Å². The summed E-state index contributed by atoms with van der Waals surface area (Å²) in [6, 6.07) is 0. The summed E-state index contributed by atoms with van der Waals surface area (Å²) in [7, 11) is 6.62. The van der Waals surface area contributed by atoms with Crippen molar-refractivity contribution in [3.8, 4) is 0 Å². The summed E-state index contributed by atoms with van der Waals surface area (Å²) < 4.78 is 13.2. The maximum absolute atomic E-state index is 10.1. The number of rotatable bonds is 6. The van der Waals surface area contributed by atoms with Crippen molar-refractivity contribution in [2.45, 2.75) is 74.7 Å². The first kappa shape index (κ1) is 43.0. The van der Waals surface area contributed by atoms with Crippen LogP contribution in [-0.4, -0.2) is 71.7 Å². The van der Waals surface area contributed by atoms with Crippen LogP contribution in [0.5, 0.6) is 0 Å². The second-order valence-electron chi connectivity index (χ2n) is 5.22. The number of esters is 2. The van der Waals surface area contributed by atoms with Gasteiger partial charge in [0.05, 0.1) is 13.7 Å². The molecule has 0 aromatic heterocycles. The first-order valence-electron chi connectivity index (χ1n) is 10.5. The molecule has 9 nitrogen and oxygen atoms in total. The van der Waals surface area contributed by atoms with Crippen LogP contribution >= 0.6 is 0 Å². The van der Waals surface area contributed by atoms with E-state index in [1.807, 2.05) is 27.8 Å². The second-order valence-corrected chi connectivity index (χ2v) is 5.22. The molecule has 0 rings (SSSR count). The number of ether oxygens (including phenoxy) is 3. The van der Waals surface area contributed by atoms with Crippen LogP contribution < -0.4 is 10.6 Å². The van der Waals surface area contributed by atoms with Crippen molar-refractivity contribution in [2.75, 3.05) is 48.1 Å². The predicted octanol–water partition coefficient (Wildman–Crippen LogP) is 3.15. The lowest BCUT2D eigenvalue weighted by Gasteiger charge is -1.89. The Bertz CT molecular complexity index is 341. The first-order valence-corrected chi connectivity index (χ1v) is 10.5. The fourth-order valence-electron chi connectivity index (χ4n) is 0.524. The summed E-state index contributed by atoms with van der Waals surface area (Å²) in [5.41, 5.74) is 0. The highest BCUT2D eigenvalue weighted by atomic mass is 16.5. The number of carbonyl (C=O) groups excluding carboxylic acids is 4. The molecule has 31 heavy (non-hydrogen) atoms. The van der Waals surface area contributed by atoms with E-state index in [1.165, 1.54) is 14.0 Å². The number of ketones is 1. The van der Waals surface area contributed by atoms with Gasteiger partial charge in [-0.1, -0.05) is 27.7 Å². The normalized spacial score (nSPS) is 7.61. The van der Waals surface area contributed by atoms with Gasteiger partial charge in [-0.3, -0.25) is 14.4 Å². The number of hydrogen-bond donors (Lipinski definition) is 2. The van der Waals surface area contributed by atoms with E-state index in [2.05, 4.69) is 31.8 Å². The molecule has 190 valence electrons. The third-order valence-electron chi connectivity index (χ3n) is 2.60. The SMILES string of the molecule is CCC(=O)NC.CCC(=O)OC.CCC(C)=O.CCNC.CCOC.CCOC(C)=O. The fraction of sp³-hybridized carbons (Fsp3) is 0.818. The van der Waals surface area contributed by atoms with Gasteiger partial charge in [-0.15, -0.1) is 0 Å². The number of Topliss-reactive ketones (excluding diaryl/α,β-unsaturated/α-hetero) is 1. The monoisotopic (exact) mass is 454 g/mol. The topological polar surface area (TPSA) is 120 Å². The third kappa shape index (κ3) is 112. The van der Waals surface area contributed by atoms with E-state index in [4.69, 9.17) is 0 Å². The molecular formula is C22H50N2O7. The third-order valence-corrected chi connectivity index (χ3v) is 2.60. The molecule has 1 amide bonds. The molecule has 9 heteroatoms. The highest BCUT2D eigenvalue weighted by Crippen LogP contribution is 1.76. The molecule has 0 spiro atoms.